The summed E-state index contributed by atoms with van der Waals surface area (Å²) in [5, 5.41) is 16.7. The molecule has 0 saturated heterocycles. The molecule has 7 heteroatoms. The fourth-order valence-corrected chi connectivity index (χ4v) is 0. The topological polar surface area (TPSA) is 93.2 Å². The standard InChI is InChI=1S/CH2O3.Al.2Na.H2O/c2-1(3)4;;;;/h(H2,2,3,4);;;;1H2/q;+3;2*+1;/p-3. The molecular weight excluding hydrogens is 149 g/mol. The summed E-state index contributed by atoms with van der Waals surface area (Å²) in [7, 11) is 0. The van der Waals surface area contributed by atoms with Gasteiger partial charge < -0.3 is 20.5 Å². The SMILES string of the molecule is O=C([O-])[O-].[Al+3].[Na+].[Na+].[OH-]. The molecule has 0 aromatic carbocycles. The molecule has 0 spiro atoms. The van der Waals surface area contributed by atoms with Crippen molar-refractivity contribution in [1.82, 2.24) is 0 Å². The zero-order chi connectivity index (χ0) is 3.58. The molecule has 0 aliphatic heterocycles. The van der Waals surface area contributed by atoms with Crippen LogP contribution in [0.2, 0.25) is 0 Å². The molecule has 0 rings (SSSR count). The monoisotopic (exact) mass is 150 g/mol. The molecule has 1 N–H and O–H groups in total. The minimum atomic E-state index is -2.33. The van der Waals surface area contributed by atoms with E-state index in [1.54, 1.807) is 0 Å². The van der Waals surface area contributed by atoms with E-state index < -0.39 is 6.16 Å². The Morgan fingerprint density at radius 1 is 1.12 bits per heavy atom. The Morgan fingerprint density at radius 3 is 1.12 bits per heavy atom. The predicted molar refractivity (Wildman–Crippen MR) is 13.1 cm³/mol. The quantitative estimate of drug-likeness (QED) is 0.320. The third-order valence-corrected chi connectivity index (χ3v) is 0. The van der Waals surface area contributed by atoms with Crippen LogP contribution in [0.5, 0.6) is 0 Å². The van der Waals surface area contributed by atoms with Crippen molar-refractivity contribution < 1.29 is 79.6 Å². The molecule has 0 aliphatic rings. The Bertz CT molecular complexity index is 37.0. The zero-order valence-corrected chi connectivity index (χ0v) is 9.90. The second kappa shape index (κ2) is 23.3. The summed E-state index contributed by atoms with van der Waals surface area (Å²) in [6.45, 7) is 0. The van der Waals surface area contributed by atoms with Crippen LogP contribution < -0.4 is 69.3 Å². The van der Waals surface area contributed by atoms with Crippen LogP contribution in [0.4, 0.5) is 4.79 Å². The summed E-state index contributed by atoms with van der Waals surface area (Å²) >= 11 is 0. The van der Waals surface area contributed by atoms with Crippen molar-refractivity contribution >= 4 is 23.5 Å². The van der Waals surface area contributed by atoms with Gasteiger partial charge in [0, 0.05) is 0 Å². The van der Waals surface area contributed by atoms with Crippen molar-refractivity contribution in [1.29, 1.82) is 0 Å². The van der Waals surface area contributed by atoms with Crippen LogP contribution in [-0.4, -0.2) is 29.0 Å². The average Bonchev–Trinajstić information content (AvgIpc) is 0.811. The molecule has 0 unspecified atom stereocenters. The molecule has 0 radical (unpaired) electrons. The van der Waals surface area contributed by atoms with Crippen molar-refractivity contribution in [3.05, 3.63) is 0 Å². The first-order valence-electron chi connectivity index (χ1n) is 0.612. The first kappa shape index (κ1) is 33.0. The molecule has 0 aromatic heterocycles. The number of carbonyl (C=O) groups excluding carboxylic acids is 1. The molecule has 0 aliphatic carbocycles. The van der Waals surface area contributed by atoms with Crippen molar-refractivity contribution in [3.63, 3.8) is 0 Å². The molecule has 0 atom stereocenters. The van der Waals surface area contributed by atoms with Gasteiger partial charge in [-0.2, -0.15) is 0 Å². The fourth-order valence-electron chi connectivity index (χ4n) is 0. The minimum absolute atomic E-state index is 0. The van der Waals surface area contributed by atoms with Crippen molar-refractivity contribution in [2.24, 2.45) is 0 Å². The molecular formula is CHAlNa2O4+2. The second-order valence-electron chi connectivity index (χ2n) is 0.250. The van der Waals surface area contributed by atoms with E-state index >= 15 is 0 Å². The van der Waals surface area contributed by atoms with E-state index in [1.165, 1.54) is 0 Å². The van der Waals surface area contributed by atoms with E-state index in [0.717, 1.165) is 0 Å². The molecule has 0 amide bonds. The molecule has 0 fully saturated rings. The summed E-state index contributed by atoms with van der Waals surface area (Å²) < 4.78 is 0. The van der Waals surface area contributed by atoms with E-state index in [0.29, 0.717) is 0 Å². The largest absolute Gasteiger partial charge is 3.00 e. The number of carboxylic acid groups (broad SMARTS) is 2. The summed E-state index contributed by atoms with van der Waals surface area (Å²) in [5.41, 5.74) is 0. The third-order valence-electron chi connectivity index (χ3n) is 0. The van der Waals surface area contributed by atoms with Gasteiger partial charge >= 0.3 is 76.5 Å². The van der Waals surface area contributed by atoms with E-state index in [1.807, 2.05) is 0 Å². The first-order valence-corrected chi connectivity index (χ1v) is 0.612. The fraction of sp³-hybridized carbons (Fsp3) is 0. The maximum Gasteiger partial charge on any atom is 3.00 e. The van der Waals surface area contributed by atoms with Crippen LogP contribution in [0.1, 0.15) is 0 Å². The van der Waals surface area contributed by atoms with E-state index in [2.05, 4.69) is 0 Å². The van der Waals surface area contributed by atoms with Gasteiger partial charge in [0.05, 0.1) is 0 Å². The normalized spacial score (nSPS) is 3.00. The van der Waals surface area contributed by atoms with E-state index in [9.17, 15) is 0 Å². The number of carbonyl (C=O) groups is 1. The first-order chi connectivity index (χ1) is 1.73. The van der Waals surface area contributed by atoms with Gasteiger partial charge in [-0.3, -0.25) is 0 Å². The van der Waals surface area contributed by atoms with E-state index in [4.69, 9.17) is 15.0 Å². The van der Waals surface area contributed by atoms with Gasteiger partial charge in [-0.25, -0.2) is 0 Å². The van der Waals surface area contributed by atoms with Crippen molar-refractivity contribution in [3.8, 4) is 0 Å². The van der Waals surface area contributed by atoms with Gasteiger partial charge in [0.2, 0.25) is 0 Å². The van der Waals surface area contributed by atoms with Gasteiger partial charge in [-0.05, 0) is 6.16 Å². The minimum Gasteiger partial charge on any atom is -0.870 e. The average molecular weight is 150 g/mol. The van der Waals surface area contributed by atoms with Crippen LogP contribution in [0.25, 0.3) is 0 Å². The molecule has 0 saturated carbocycles. The van der Waals surface area contributed by atoms with Gasteiger partial charge in [0.15, 0.2) is 0 Å². The number of hydrogen-bond acceptors (Lipinski definition) is 4. The van der Waals surface area contributed by atoms with Gasteiger partial charge in [0.1, 0.15) is 0 Å². The van der Waals surface area contributed by atoms with Crippen LogP contribution >= 0.6 is 0 Å². The van der Waals surface area contributed by atoms with Crippen LogP contribution in [-0.2, 0) is 0 Å². The number of hydrogen-bond donors (Lipinski definition) is 0. The second-order valence-corrected chi connectivity index (χ2v) is 0.250. The van der Waals surface area contributed by atoms with Crippen LogP contribution in [0, 0.1) is 0 Å². The molecule has 32 valence electrons. The molecule has 0 bridgehead atoms. The molecule has 0 heterocycles. The Kier molecular flexibility index (Phi) is 96.2. The Hall–Kier alpha value is 1.76. The summed E-state index contributed by atoms with van der Waals surface area (Å²) in [6, 6.07) is 0. The summed E-state index contributed by atoms with van der Waals surface area (Å²) in [6.07, 6.45) is -2.33. The predicted octanol–water partition coefficient (Wildman–Crippen LogP) is -9.00. The maximum atomic E-state index is 8.33. The Morgan fingerprint density at radius 2 is 1.12 bits per heavy atom. The maximum absolute atomic E-state index is 8.33. The smallest absolute Gasteiger partial charge is 0.870 e. The Labute approximate surface area is 102 Å². The van der Waals surface area contributed by atoms with Crippen molar-refractivity contribution in [2.75, 3.05) is 0 Å². The number of rotatable bonds is 0. The van der Waals surface area contributed by atoms with Crippen LogP contribution in [0.15, 0.2) is 0 Å². The third kappa shape index (κ3) is 114. The summed E-state index contributed by atoms with van der Waals surface area (Å²) in [5.74, 6) is 0. The molecule has 0 aromatic rings. The summed E-state index contributed by atoms with van der Waals surface area (Å²) in [4.78, 5) is 8.33. The zero-order valence-electron chi connectivity index (χ0n) is 4.75. The van der Waals surface area contributed by atoms with Gasteiger partial charge in [-0.1, -0.05) is 0 Å². The van der Waals surface area contributed by atoms with Gasteiger partial charge in [-0.15, -0.1) is 0 Å². The van der Waals surface area contributed by atoms with E-state index in [-0.39, 0.29) is 82.0 Å². The van der Waals surface area contributed by atoms with Crippen molar-refractivity contribution in [2.45, 2.75) is 0 Å². The van der Waals surface area contributed by atoms with Crippen LogP contribution in [0.3, 0.4) is 0 Å². The molecule has 4 nitrogen and oxygen atoms in total. The molecule has 8 heavy (non-hydrogen) atoms. The Balaban J connectivity index is -0.00000000750. The van der Waals surface area contributed by atoms with Gasteiger partial charge in [0.25, 0.3) is 0 Å².